The standard InChI is InChI=1S/C22H24FN7O/c1-13-17(14(2)30-22(26-13)24-12-25-30)4-6-20(31)29-9-7-15(8-10-29)21-27-18-5-3-16(23)11-19(18)28-21/h3,5,11-12,15H,4,6-10H2,1-2H3,(H,27,28). The maximum absolute atomic E-state index is 13.4. The summed E-state index contributed by atoms with van der Waals surface area (Å²) in [6.45, 7) is 5.34. The summed E-state index contributed by atoms with van der Waals surface area (Å²) in [5.41, 5.74) is 4.42. The van der Waals surface area contributed by atoms with Crippen LogP contribution in [0.3, 0.4) is 0 Å². The number of halogens is 1. The maximum atomic E-state index is 13.4. The summed E-state index contributed by atoms with van der Waals surface area (Å²) in [6.07, 6.45) is 4.26. The number of aromatic nitrogens is 6. The van der Waals surface area contributed by atoms with Gasteiger partial charge in [-0.15, -0.1) is 0 Å². The zero-order valence-electron chi connectivity index (χ0n) is 17.6. The van der Waals surface area contributed by atoms with Crippen LogP contribution in [0.1, 0.15) is 48.0 Å². The number of rotatable bonds is 4. The summed E-state index contributed by atoms with van der Waals surface area (Å²) in [5.74, 6) is 1.60. The van der Waals surface area contributed by atoms with Crippen LogP contribution in [0, 0.1) is 19.7 Å². The van der Waals surface area contributed by atoms with E-state index in [-0.39, 0.29) is 17.6 Å². The Hall–Kier alpha value is -3.36. The van der Waals surface area contributed by atoms with Crippen molar-refractivity contribution in [2.75, 3.05) is 13.1 Å². The number of hydrogen-bond acceptors (Lipinski definition) is 5. The minimum Gasteiger partial charge on any atom is -0.343 e. The molecule has 3 aromatic heterocycles. The number of carbonyl (C=O) groups is 1. The predicted octanol–water partition coefficient (Wildman–Crippen LogP) is 3.10. The van der Waals surface area contributed by atoms with Crippen molar-refractivity contribution in [1.82, 2.24) is 34.4 Å². The van der Waals surface area contributed by atoms with Crippen LogP contribution in [0.4, 0.5) is 4.39 Å². The molecule has 1 amide bonds. The third kappa shape index (κ3) is 3.64. The molecule has 1 aromatic carbocycles. The van der Waals surface area contributed by atoms with Crippen molar-refractivity contribution in [3.8, 4) is 0 Å². The molecule has 0 atom stereocenters. The third-order valence-corrected chi connectivity index (χ3v) is 6.27. The second-order valence-electron chi connectivity index (χ2n) is 8.17. The van der Waals surface area contributed by atoms with Crippen molar-refractivity contribution in [3.05, 3.63) is 53.1 Å². The maximum Gasteiger partial charge on any atom is 0.252 e. The van der Waals surface area contributed by atoms with Gasteiger partial charge in [-0.25, -0.2) is 18.9 Å². The van der Waals surface area contributed by atoms with E-state index in [9.17, 15) is 9.18 Å². The number of likely N-dealkylation sites (tertiary alicyclic amines) is 1. The van der Waals surface area contributed by atoms with E-state index >= 15 is 0 Å². The Kier molecular flexibility index (Phi) is 4.88. The second kappa shape index (κ2) is 7.72. The largest absolute Gasteiger partial charge is 0.343 e. The lowest BCUT2D eigenvalue weighted by Crippen LogP contribution is -2.38. The van der Waals surface area contributed by atoms with Crippen molar-refractivity contribution in [2.24, 2.45) is 0 Å². The highest BCUT2D eigenvalue weighted by Gasteiger charge is 2.26. The molecular formula is C22H24FN7O. The Morgan fingerprint density at radius 3 is 2.84 bits per heavy atom. The molecule has 0 aliphatic carbocycles. The quantitative estimate of drug-likeness (QED) is 0.547. The van der Waals surface area contributed by atoms with Gasteiger partial charge in [0, 0.05) is 36.8 Å². The molecular weight excluding hydrogens is 397 g/mol. The number of carbonyl (C=O) groups excluding carboxylic acids is 1. The van der Waals surface area contributed by atoms with E-state index in [4.69, 9.17) is 0 Å². The number of amides is 1. The molecule has 1 aliphatic heterocycles. The van der Waals surface area contributed by atoms with Crippen LogP contribution in [0.15, 0.2) is 24.5 Å². The van der Waals surface area contributed by atoms with Gasteiger partial charge >= 0.3 is 0 Å². The number of hydrogen-bond donors (Lipinski definition) is 1. The Morgan fingerprint density at radius 2 is 2.03 bits per heavy atom. The van der Waals surface area contributed by atoms with Crippen LogP contribution in [-0.4, -0.2) is 53.4 Å². The number of piperidine rings is 1. The Bertz CT molecular complexity index is 1270. The van der Waals surface area contributed by atoms with Gasteiger partial charge in [0.2, 0.25) is 5.91 Å². The van der Waals surface area contributed by atoms with Gasteiger partial charge in [-0.1, -0.05) is 0 Å². The number of nitrogens with one attached hydrogen (secondary N) is 1. The number of benzene rings is 1. The number of aryl methyl sites for hydroxylation is 2. The lowest BCUT2D eigenvalue weighted by Gasteiger charge is -2.31. The van der Waals surface area contributed by atoms with Gasteiger partial charge in [-0.05, 0) is 56.9 Å². The first-order valence-electron chi connectivity index (χ1n) is 10.6. The minimum absolute atomic E-state index is 0.155. The molecule has 1 aliphatic rings. The molecule has 0 bridgehead atoms. The zero-order chi connectivity index (χ0) is 21.5. The zero-order valence-corrected chi connectivity index (χ0v) is 17.6. The monoisotopic (exact) mass is 421 g/mol. The molecule has 31 heavy (non-hydrogen) atoms. The first-order valence-corrected chi connectivity index (χ1v) is 10.6. The van der Waals surface area contributed by atoms with Crippen LogP contribution in [-0.2, 0) is 11.2 Å². The second-order valence-corrected chi connectivity index (χ2v) is 8.17. The summed E-state index contributed by atoms with van der Waals surface area (Å²) in [6, 6.07) is 4.59. The molecule has 0 unspecified atom stereocenters. The van der Waals surface area contributed by atoms with Crippen LogP contribution < -0.4 is 0 Å². The summed E-state index contributed by atoms with van der Waals surface area (Å²) in [5, 5.41) is 4.21. The fourth-order valence-electron chi connectivity index (χ4n) is 4.50. The van der Waals surface area contributed by atoms with E-state index in [0.29, 0.717) is 31.7 Å². The number of nitrogens with zero attached hydrogens (tertiary/aromatic N) is 6. The van der Waals surface area contributed by atoms with Gasteiger partial charge in [0.25, 0.3) is 5.78 Å². The molecule has 5 rings (SSSR count). The smallest absolute Gasteiger partial charge is 0.252 e. The minimum atomic E-state index is -0.272. The number of imidazole rings is 1. The molecule has 1 N–H and O–H groups in total. The van der Waals surface area contributed by atoms with Gasteiger partial charge in [-0.3, -0.25) is 4.79 Å². The SMILES string of the molecule is Cc1nc2ncnn2c(C)c1CCC(=O)N1CCC(c2nc3ccc(F)cc3[nH]2)CC1. The van der Waals surface area contributed by atoms with E-state index in [2.05, 4.69) is 25.0 Å². The highest BCUT2D eigenvalue weighted by molar-refractivity contribution is 5.77. The molecule has 8 nitrogen and oxygen atoms in total. The van der Waals surface area contributed by atoms with E-state index < -0.39 is 0 Å². The lowest BCUT2D eigenvalue weighted by atomic mass is 9.95. The Morgan fingerprint density at radius 1 is 1.23 bits per heavy atom. The summed E-state index contributed by atoms with van der Waals surface area (Å²) in [7, 11) is 0. The Labute approximate surface area is 178 Å². The van der Waals surface area contributed by atoms with Gasteiger partial charge in [0.1, 0.15) is 18.0 Å². The summed E-state index contributed by atoms with van der Waals surface area (Å²) >= 11 is 0. The molecule has 0 saturated carbocycles. The first kappa shape index (κ1) is 19.6. The molecule has 0 spiro atoms. The fourth-order valence-corrected chi connectivity index (χ4v) is 4.50. The third-order valence-electron chi connectivity index (χ3n) is 6.27. The number of H-pyrrole nitrogens is 1. The van der Waals surface area contributed by atoms with Gasteiger partial charge < -0.3 is 9.88 Å². The number of fused-ring (bicyclic) bond motifs is 2. The van der Waals surface area contributed by atoms with E-state index in [1.165, 1.54) is 18.5 Å². The van der Waals surface area contributed by atoms with Gasteiger partial charge in [0.15, 0.2) is 0 Å². The topological polar surface area (TPSA) is 92.1 Å². The van der Waals surface area contributed by atoms with Crippen molar-refractivity contribution in [3.63, 3.8) is 0 Å². The van der Waals surface area contributed by atoms with E-state index in [1.54, 1.807) is 10.6 Å². The van der Waals surface area contributed by atoms with Crippen molar-refractivity contribution in [1.29, 1.82) is 0 Å². The fraction of sp³-hybridized carbons (Fsp3) is 0.409. The van der Waals surface area contributed by atoms with Crippen LogP contribution in [0.5, 0.6) is 0 Å². The molecule has 9 heteroatoms. The molecule has 4 heterocycles. The van der Waals surface area contributed by atoms with E-state index in [1.807, 2.05) is 18.7 Å². The van der Waals surface area contributed by atoms with Crippen LogP contribution in [0.25, 0.3) is 16.8 Å². The molecule has 0 radical (unpaired) electrons. The highest BCUT2D eigenvalue weighted by Crippen LogP contribution is 2.28. The van der Waals surface area contributed by atoms with E-state index in [0.717, 1.165) is 46.7 Å². The van der Waals surface area contributed by atoms with Gasteiger partial charge in [-0.2, -0.15) is 10.1 Å². The predicted molar refractivity (Wildman–Crippen MR) is 113 cm³/mol. The first-order chi connectivity index (χ1) is 15.0. The van der Waals surface area contributed by atoms with Gasteiger partial charge in [0.05, 0.1) is 11.0 Å². The molecule has 1 saturated heterocycles. The van der Waals surface area contributed by atoms with Crippen molar-refractivity contribution >= 4 is 22.7 Å². The highest BCUT2D eigenvalue weighted by atomic mass is 19.1. The average Bonchev–Trinajstić information content (AvgIpc) is 3.40. The van der Waals surface area contributed by atoms with Crippen molar-refractivity contribution < 1.29 is 9.18 Å². The van der Waals surface area contributed by atoms with Crippen LogP contribution in [0.2, 0.25) is 0 Å². The average molecular weight is 421 g/mol. The lowest BCUT2D eigenvalue weighted by molar-refractivity contribution is -0.132. The summed E-state index contributed by atoms with van der Waals surface area (Å²) < 4.78 is 15.1. The van der Waals surface area contributed by atoms with Crippen LogP contribution >= 0.6 is 0 Å². The van der Waals surface area contributed by atoms with Crippen molar-refractivity contribution in [2.45, 2.75) is 45.4 Å². The normalized spacial score (nSPS) is 15.3. The Balaban J connectivity index is 1.21. The molecule has 4 aromatic rings. The molecule has 1 fully saturated rings. The number of aromatic amines is 1. The molecule has 160 valence electrons. The summed E-state index contributed by atoms with van der Waals surface area (Å²) in [4.78, 5) is 31.3.